The Hall–Kier alpha value is -2.64. The van der Waals surface area contributed by atoms with Crippen molar-refractivity contribution in [2.75, 3.05) is 7.05 Å². The second kappa shape index (κ2) is 8.11. The molecule has 1 atom stereocenters. The van der Waals surface area contributed by atoms with Crippen LogP contribution in [0, 0.1) is 11.6 Å². The highest BCUT2D eigenvalue weighted by atomic mass is 19.2. The average Bonchev–Trinajstić information content (AvgIpc) is 2.77. The fourth-order valence-electron chi connectivity index (χ4n) is 2.11. The number of halogens is 2. The van der Waals surface area contributed by atoms with Crippen LogP contribution in [-0.2, 0) is 9.59 Å². The lowest BCUT2D eigenvalue weighted by atomic mass is 10.1. The Morgan fingerprint density at radius 2 is 1.57 bits per heavy atom. The summed E-state index contributed by atoms with van der Waals surface area (Å²) in [5.41, 5.74) is -0.404. The van der Waals surface area contributed by atoms with Crippen molar-refractivity contribution < 1.29 is 28.0 Å². The molecule has 0 radical (unpaired) electrons. The van der Waals surface area contributed by atoms with Gasteiger partial charge in [-0.2, -0.15) is 0 Å². The van der Waals surface area contributed by atoms with E-state index in [1.165, 1.54) is 0 Å². The zero-order valence-electron chi connectivity index (χ0n) is 12.6. The van der Waals surface area contributed by atoms with Crippen LogP contribution in [0.15, 0.2) is 12.1 Å². The van der Waals surface area contributed by atoms with E-state index in [1.807, 2.05) is 0 Å². The maximum absolute atomic E-state index is 13.1. The summed E-state index contributed by atoms with van der Waals surface area (Å²) >= 11 is 0. The molecule has 0 spiro atoms. The molecule has 1 N–H and O–H groups in total. The van der Waals surface area contributed by atoms with E-state index in [4.69, 9.17) is 4.79 Å². The standard InChI is InChI=1S/C13H11F2NO3.C2H5NO/c1-2-3-7(6-17)16-12(18)8-4-10(14)11(15)5-9(8)13(16)19;1-3-2-4/h4-7H,2-3H2,1H3;2H,1H3,(H,3,4). The molecule has 1 unspecified atom stereocenters. The topological polar surface area (TPSA) is 83.6 Å². The minimum Gasteiger partial charge on any atom is -0.362 e. The number of aldehydes is 1. The van der Waals surface area contributed by atoms with Gasteiger partial charge in [-0.05, 0) is 18.6 Å². The molecular weight excluding hydrogens is 310 g/mol. The number of benzene rings is 1. The smallest absolute Gasteiger partial charge is 0.262 e. The molecule has 0 aliphatic carbocycles. The molecule has 0 saturated heterocycles. The first kappa shape index (κ1) is 18.4. The van der Waals surface area contributed by atoms with Gasteiger partial charge in [-0.3, -0.25) is 19.3 Å². The van der Waals surface area contributed by atoms with Gasteiger partial charge in [-0.1, -0.05) is 13.3 Å². The van der Waals surface area contributed by atoms with Crippen molar-refractivity contribution in [2.45, 2.75) is 25.8 Å². The van der Waals surface area contributed by atoms with E-state index in [1.54, 1.807) is 14.0 Å². The number of imide groups is 1. The molecule has 1 aromatic rings. The van der Waals surface area contributed by atoms with Crippen LogP contribution in [0.2, 0.25) is 0 Å². The van der Waals surface area contributed by atoms with Gasteiger partial charge in [0.05, 0.1) is 17.2 Å². The lowest BCUT2D eigenvalue weighted by Crippen LogP contribution is -2.40. The average molecular weight is 326 g/mol. The van der Waals surface area contributed by atoms with E-state index < -0.39 is 29.5 Å². The van der Waals surface area contributed by atoms with Crippen molar-refractivity contribution >= 4 is 24.5 Å². The third-order valence-corrected chi connectivity index (χ3v) is 3.15. The second-order valence-electron chi connectivity index (χ2n) is 4.69. The predicted octanol–water partition coefficient (Wildman–Crippen LogP) is 1.29. The summed E-state index contributed by atoms with van der Waals surface area (Å²) in [4.78, 5) is 44.8. The quantitative estimate of drug-likeness (QED) is 0.653. The van der Waals surface area contributed by atoms with Crippen molar-refractivity contribution in [2.24, 2.45) is 0 Å². The highest BCUT2D eigenvalue weighted by Crippen LogP contribution is 2.27. The Bertz CT molecular complexity index is 593. The number of nitrogens with zero attached hydrogens (tertiary/aromatic N) is 1. The molecule has 1 heterocycles. The molecular formula is C15H16F2N2O4. The van der Waals surface area contributed by atoms with Crippen LogP contribution in [-0.4, -0.2) is 42.5 Å². The first-order chi connectivity index (χ1) is 10.9. The van der Waals surface area contributed by atoms with Gasteiger partial charge in [0.15, 0.2) is 11.6 Å². The Balaban J connectivity index is 0.000000593. The minimum atomic E-state index is -1.19. The van der Waals surface area contributed by atoms with Gasteiger partial charge in [-0.25, -0.2) is 8.78 Å². The molecule has 1 aliphatic rings. The van der Waals surface area contributed by atoms with Crippen molar-refractivity contribution in [3.05, 3.63) is 34.9 Å². The van der Waals surface area contributed by atoms with Crippen LogP contribution in [0.4, 0.5) is 8.78 Å². The lowest BCUT2D eigenvalue weighted by molar-refractivity contribution is -0.111. The number of rotatable bonds is 5. The van der Waals surface area contributed by atoms with E-state index in [2.05, 4.69) is 5.32 Å². The van der Waals surface area contributed by atoms with Crippen molar-refractivity contribution in [1.29, 1.82) is 0 Å². The second-order valence-corrected chi connectivity index (χ2v) is 4.69. The molecule has 2 rings (SSSR count). The van der Waals surface area contributed by atoms with Crippen LogP contribution >= 0.6 is 0 Å². The predicted molar refractivity (Wildman–Crippen MR) is 76.7 cm³/mol. The van der Waals surface area contributed by atoms with Crippen molar-refractivity contribution in [1.82, 2.24) is 10.2 Å². The fraction of sp³-hybridized carbons (Fsp3) is 0.333. The van der Waals surface area contributed by atoms with Crippen LogP contribution in [0.1, 0.15) is 40.5 Å². The summed E-state index contributed by atoms with van der Waals surface area (Å²) < 4.78 is 26.2. The summed E-state index contributed by atoms with van der Waals surface area (Å²) in [5, 5.41) is 2.25. The molecule has 124 valence electrons. The number of nitrogens with one attached hydrogen (secondary N) is 1. The molecule has 6 nitrogen and oxygen atoms in total. The number of carbonyl (C=O) groups excluding carboxylic acids is 4. The number of hydrogen-bond donors (Lipinski definition) is 1. The number of amides is 3. The highest BCUT2D eigenvalue weighted by molar-refractivity contribution is 6.22. The van der Waals surface area contributed by atoms with Crippen LogP contribution in [0.5, 0.6) is 0 Å². The van der Waals surface area contributed by atoms with Gasteiger partial charge < -0.3 is 10.1 Å². The van der Waals surface area contributed by atoms with Gasteiger partial charge in [0.1, 0.15) is 6.29 Å². The molecule has 0 fully saturated rings. The molecule has 3 amide bonds. The van der Waals surface area contributed by atoms with E-state index in [9.17, 15) is 23.2 Å². The minimum absolute atomic E-state index is 0.202. The summed E-state index contributed by atoms with van der Waals surface area (Å²) in [5.74, 6) is -3.91. The zero-order chi connectivity index (χ0) is 17.6. The highest BCUT2D eigenvalue weighted by Gasteiger charge is 2.40. The lowest BCUT2D eigenvalue weighted by Gasteiger charge is -2.20. The molecule has 23 heavy (non-hydrogen) atoms. The van der Waals surface area contributed by atoms with Crippen LogP contribution < -0.4 is 5.32 Å². The molecule has 8 heteroatoms. The number of hydrogen-bond acceptors (Lipinski definition) is 4. The van der Waals surface area contributed by atoms with Crippen molar-refractivity contribution in [3.8, 4) is 0 Å². The SMILES string of the molecule is CCCC(C=O)N1C(=O)c2cc(F)c(F)cc2C1=O.CNC=O. The van der Waals surface area contributed by atoms with Crippen molar-refractivity contribution in [3.63, 3.8) is 0 Å². The molecule has 0 saturated carbocycles. The zero-order valence-corrected chi connectivity index (χ0v) is 12.6. The molecule has 0 aromatic heterocycles. The first-order valence-corrected chi connectivity index (χ1v) is 6.86. The van der Waals surface area contributed by atoms with E-state index in [0.29, 0.717) is 37.7 Å². The summed E-state index contributed by atoms with van der Waals surface area (Å²) in [7, 11) is 1.56. The number of fused-ring (bicyclic) bond motifs is 1. The van der Waals surface area contributed by atoms with Crippen LogP contribution in [0.3, 0.4) is 0 Å². The summed E-state index contributed by atoms with van der Waals surface area (Å²) in [6.45, 7) is 1.80. The summed E-state index contributed by atoms with van der Waals surface area (Å²) in [6.07, 6.45) is 2.04. The monoisotopic (exact) mass is 326 g/mol. The van der Waals surface area contributed by atoms with E-state index in [0.717, 1.165) is 4.90 Å². The van der Waals surface area contributed by atoms with Gasteiger partial charge in [0.25, 0.3) is 11.8 Å². The maximum Gasteiger partial charge on any atom is 0.262 e. The Morgan fingerprint density at radius 3 is 1.87 bits per heavy atom. The fourth-order valence-corrected chi connectivity index (χ4v) is 2.11. The third kappa shape index (κ3) is 3.77. The normalized spacial score (nSPS) is 13.8. The Labute approximate surface area is 131 Å². The molecule has 0 bridgehead atoms. The van der Waals surface area contributed by atoms with Gasteiger partial charge in [0, 0.05) is 7.05 Å². The van der Waals surface area contributed by atoms with Gasteiger partial charge in [-0.15, -0.1) is 0 Å². The largest absolute Gasteiger partial charge is 0.362 e. The van der Waals surface area contributed by atoms with Crippen LogP contribution in [0.25, 0.3) is 0 Å². The number of carbonyl (C=O) groups is 4. The van der Waals surface area contributed by atoms with E-state index in [-0.39, 0.29) is 11.1 Å². The first-order valence-electron chi connectivity index (χ1n) is 6.86. The molecule has 1 aromatic carbocycles. The van der Waals surface area contributed by atoms with E-state index >= 15 is 0 Å². The van der Waals surface area contributed by atoms with Gasteiger partial charge >= 0.3 is 0 Å². The maximum atomic E-state index is 13.1. The third-order valence-electron chi connectivity index (χ3n) is 3.15. The van der Waals surface area contributed by atoms with Gasteiger partial charge in [0.2, 0.25) is 6.41 Å². The Morgan fingerprint density at radius 1 is 1.13 bits per heavy atom. The summed E-state index contributed by atoms with van der Waals surface area (Å²) in [6, 6.07) is 0.487. The molecule has 1 aliphatic heterocycles. The Kier molecular flexibility index (Phi) is 6.49.